The zero-order valence-corrected chi connectivity index (χ0v) is 13.5. The highest BCUT2D eigenvalue weighted by atomic mass is 16.1. The molecule has 1 aromatic carbocycles. The minimum atomic E-state index is -0.363. The van der Waals surface area contributed by atoms with Gasteiger partial charge in [0.1, 0.15) is 0 Å². The molecule has 0 bridgehead atoms. The Morgan fingerprint density at radius 2 is 1.88 bits per heavy atom. The number of aromatic nitrogens is 2. The first-order valence-corrected chi connectivity index (χ1v) is 7.84. The van der Waals surface area contributed by atoms with Crippen LogP contribution in [0.4, 0.5) is 0 Å². The molecule has 24 heavy (non-hydrogen) atoms. The first-order chi connectivity index (χ1) is 11.6. The Balaban J connectivity index is 1.91. The van der Waals surface area contributed by atoms with Gasteiger partial charge in [0.2, 0.25) is 5.91 Å². The number of nitrogens with two attached hydrogens (primary N) is 1. The summed E-state index contributed by atoms with van der Waals surface area (Å²) < 4.78 is 0. The van der Waals surface area contributed by atoms with Crippen molar-refractivity contribution in [2.75, 3.05) is 0 Å². The van der Waals surface area contributed by atoms with Gasteiger partial charge in [-0.1, -0.05) is 30.3 Å². The first-order valence-electron chi connectivity index (χ1n) is 7.84. The number of pyridine rings is 2. The number of carbonyl (C=O) groups is 1. The molecule has 2 N–H and O–H groups in total. The van der Waals surface area contributed by atoms with Gasteiger partial charge in [0.05, 0.1) is 5.92 Å². The molecule has 4 nitrogen and oxygen atoms in total. The maximum atomic E-state index is 11.9. The lowest BCUT2D eigenvalue weighted by atomic mass is 9.91. The summed E-state index contributed by atoms with van der Waals surface area (Å²) in [6, 6.07) is 13.6. The molecule has 1 amide bonds. The molecule has 0 saturated heterocycles. The Morgan fingerprint density at radius 1 is 1.08 bits per heavy atom. The Bertz CT molecular complexity index is 846. The predicted molar refractivity (Wildman–Crippen MR) is 94.3 cm³/mol. The second kappa shape index (κ2) is 7.04. The Labute approximate surface area is 141 Å². The summed E-state index contributed by atoms with van der Waals surface area (Å²) in [5, 5.41) is 0. The van der Waals surface area contributed by atoms with E-state index in [2.05, 4.69) is 16.0 Å². The first kappa shape index (κ1) is 15.9. The lowest BCUT2D eigenvalue weighted by Gasteiger charge is -2.14. The highest BCUT2D eigenvalue weighted by Gasteiger charge is 2.18. The number of aryl methyl sites for hydroxylation is 1. The minimum absolute atomic E-state index is 0.329. The van der Waals surface area contributed by atoms with Gasteiger partial charge in [0, 0.05) is 35.9 Å². The van der Waals surface area contributed by atoms with Gasteiger partial charge in [-0.25, -0.2) is 0 Å². The van der Waals surface area contributed by atoms with Crippen molar-refractivity contribution in [2.45, 2.75) is 19.3 Å². The van der Waals surface area contributed by atoms with Crippen molar-refractivity contribution in [3.63, 3.8) is 0 Å². The third-order valence-corrected chi connectivity index (χ3v) is 4.13. The lowest BCUT2D eigenvalue weighted by molar-refractivity contribution is -0.119. The van der Waals surface area contributed by atoms with Crippen LogP contribution in [0.5, 0.6) is 0 Å². The second-order valence-electron chi connectivity index (χ2n) is 5.84. The third-order valence-electron chi connectivity index (χ3n) is 4.13. The van der Waals surface area contributed by atoms with Gasteiger partial charge >= 0.3 is 0 Å². The molecular formula is C20H19N3O. The predicted octanol–water partition coefficient (Wildman–Crippen LogP) is 3.26. The maximum Gasteiger partial charge on any atom is 0.225 e. The summed E-state index contributed by atoms with van der Waals surface area (Å²) in [6.07, 6.45) is 7.73. The number of primary amides is 1. The fourth-order valence-corrected chi connectivity index (χ4v) is 2.82. The molecule has 2 aromatic heterocycles. The molecule has 0 radical (unpaired) electrons. The van der Waals surface area contributed by atoms with Gasteiger partial charge in [-0.05, 0) is 42.2 Å². The van der Waals surface area contributed by atoms with Crippen LogP contribution >= 0.6 is 0 Å². The molecule has 0 aliphatic rings. The molecule has 0 aliphatic carbocycles. The molecule has 3 rings (SSSR count). The molecule has 1 unspecified atom stereocenters. The molecule has 0 saturated carbocycles. The van der Waals surface area contributed by atoms with E-state index in [1.807, 2.05) is 55.7 Å². The van der Waals surface area contributed by atoms with Gasteiger partial charge < -0.3 is 5.73 Å². The zero-order chi connectivity index (χ0) is 16.9. The van der Waals surface area contributed by atoms with E-state index in [-0.39, 0.29) is 11.8 Å². The Morgan fingerprint density at radius 3 is 2.58 bits per heavy atom. The summed E-state index contributed by atoms with van der Waals surface area (Å²) in [4.78, 5) is 20.4. The van der Waals surface area contributed by atoms with E-state index in [0.29, 0.717) is 6.42 Å². The standard InChI is InChI=1S/C20H19N3O/c1-14-7-8-22-13-19(14)17-9-15(11-23-12-17)10-18(20(21)24)16-5-3-2-4-6-16/h2-9,11-13,18H,10H2,1H3,(H2,21,24). The molecule has 1 atom stereocenters. The van der Waals surface area contributed by atoms with Crippen molar-refractivity contribution in [1.29, 1.82) is 0 Å². The third kappa shape index (κ3) is 3.49. The van der Waals surface area contributed by atoms with E-state index in [4.69, 9.17) is 5.73 Å². The smallest absolute Gasteiger partial charge is 0.225 e. The molecular weight excluding hydrogens is 298 g/mol. The van der Waals surface area contributed by atoms with Crippen LogP contribution in [-0.4, -0.2) is 15.9 Å². The van der Waals surface area contributed by atoms with Crippen LogP contribution in [0.15, 0.2) is 67.3 Å². The van der Waals surface area contributed by atoms with E-state index < -0.39 is 0 Å². The average molecular weight is 317 g/mol. The normalized spacial score (nSPS) is 11.9. The van der Waals surface area contributed by atoms with Gasteiger partial charge in [0.25, 0.3) is 0 Å². The Hall–Kier alpha value is -3.01. The number of hydrogen-bond donors (Lipinski definition) is 1. The number of benzene rings is 1. The molecule has 120 valence electrons. The summed E-state index contributed by atoms with van der Waals surface area (Å²) in [5.41, 5.74) is 10.7. The van der Waals surface area contributed by atoms with Crippen molar-refractivity contribution >= 4 is 5.91 Å². The summed E-state index contributed by atoms with van der Waals surface area (Å²) in [6.45, 7) is 2.04. The second-order valence-corrected chi connectivity index (χ2v) is 5.84. The number of carbonyl (C=O) groups excluding carboxylic acids is 1. The fraction of sp³-hybridized carbons (Fsp3) is 0.150. The van der Waals surface area contributed by atoms with Crippen LogP contribution < -0.4 is 5.73 Å². The van der Waals surface area contributed by atoms with Crippen LogP contribution in [-0.2, 0) is 11.2 Å². The summed E-state index contributed by atoms with van der Waals surface area (Å²) in [5.74, 6) is -0.692. The van der Waals surface area contributed by atoms with Crippen LogP contribution in [0, 0.1) is 6.92 Å². The van der Waals surface area contributed by atoms with E-state index in [1.54, 1.807) is 12.4 Å². The Kier molecular flexibility index (Phi) is 4.66. The SMILES string of the molecule is Cc1ccncc1-c1cncc(CC(C(N)=O)c2ccccc2)c1. The largest absolute Gasteiger partial charge is 0.369 e. The topological polar surface area (TPSA) is 68.9 Å². The molecule has 0 spiro atoms. The molecule has 0 aliphatic heterocycles. The van der Waals surface area contributed by atoms with Gasteiger partial charge in [-0.3, -0.25) is 14.8 Å². The monoisotopic (exact) mass is 317 g/mol. The quantitative estimate of drug-likeness (QED) is 0.785. The molecule has 2 heterocycles. The van der Waals surface area contributed by atoms with Crippen molar-refractivity contribution in [1.82, 2.24) is 9.97 Å². The average Bonchev–Trinajstić information content (AvgIpc) is 2.61. The van der Waals surface area contributed by atoms with Crippen LogP contribution in [0.3, 0.4) is 0 Å². The van der Waals surface area contributed by atoms with Crippen LogP contribution in [0.25, 0.3) is 11.1 Å². The van der Waals surface area contributed by atoms with Crippen molar-refractivity contribution in [2.24, 2.45) is 5.73 Å². The highest BCUT2D eigenvalue weighted by molar-refractivity contribution is 5.82. The van der Waals surface area contributed by atoms with Gasteiger partial charge in [-0.2, -0.15) is 0 Å². The van der Waals surface area contributed by atoms with E-state index in [1.165, 1.54) is 0 Å². The number of rotatable bonds is 5. The number of nitrogens with zero attached hydrogens (tertiary/aromatic N) is 2. The number of amides is 1. The van der Waals surface area contributed by atoms with Crippen LogP contribution in [0.2, 0.25) is 0 Å². The zero-order valence-electron chi connectivity index (χ0n) is 13.5. The molecule has 4 heteroatoms. The van der Waals surface area contributed by atoms with Crippen molar-refractivity contribution < 1.29 is 4.79 Å². The fourth-order valence-electron chi connectivity index (χ4n) is 2.82. The van der Waals surface area contributed by atoms with Crippen LogP contribution in [0.1, 0.15) is 22.6 Å². The highest BCUT2D eigenvalue weighted by Crippen LogP contribution is 2.25. The number of hydrogen-bond acceptors (Lipinski definition) is 3. The molecule has 3 aromatic rings. The maximum absolute atomic E-state index is 11.9. The van der Waals surface area contributed by atoms with Crippen molar-refractivity contribution in [3.05, 3.63) is 83.9 Å². The van der Waals surface area contributed by atoms with E-state index in [0.717, 1.165) is 27.8 Å². The summed E-state index contributed by atoms with van der Waals surface area (Å²) in [7, 11) is 0. The van der Waals surface area contributed by atoms with E-state index in [9.17, 15) is 4.79 Å². The van der Waals surface area contributed by atoms with E-state index >= 15 is 0 Å². The van der Waals surface area contributed by atoms with Gasteiger partial charge in [0.15, 0.2) is 0 Å². The molecule has 0 fully saturated rings. The minimum Gasteiger partial charge on any atom is -0.369 e. The van der Waals surface area contributed by atoms with Gasteiger partial charge in [-0.15, -0.1) is 0 Å². The summed E-state index contributed by atoms with van der Waals surface area (Å²) >= 11 is 0. The van der Waals surface area contributed by atoms with Crippen molar-refractivity contribution in [3.8, 4) is 11.1 Å². The lowest BCUT2D eigenvalue weighted by Crippen LogP contribution is -2.23.